The molecule has 0 saturated carbocycles. The molecule has 0 bridgehead atoms. The molecule has 1 aliphatic rings. The molecule has 0 unspecified atom stereocenters. The van der Waals surface area contributed by atoms with Crippen LogP contribution < -0.4 is 19.1 Å². The van der Waals surface area contributed by atoms with Crippen LogP contribution in [0, 0.1) is 0 Å². The largest absolute Gasteiger partial charge is 0.497 e. The summed E-state index contributed by atoms with van der Waals surface area (Å²) < 4.78 is 16.6. The Morgan fingerprint density at radius 2 is 1.77 bits per heavy atom. The van der Waals surface area contributed by atoms with Gasteiger partial charge in [-0.3, -0.25) is 4.79 Å². The maximum Gasteiger partial charge on any atom is 0.258 e. The van der Waals surface area contributed by atoms with E-state index in [1.165, 1.54) is 0 Å². The highest BCUT2D eigenvalue weighted by Gasteiger charge is 2.20. The second-order valence-corrected chi connectivity index (χ2v) is 6.79. The van der Waals surface area contributed by atoms with Crippen molar-refractivity contribution in [2.24, 2.45) is 0 Å². The number of amides is 1. The van der Waals surface area contributed by atoms with Crippen molar-refractivity contribution in [3.05, 3.63) is 90.0 Å². The normalized spacial score (nSPS) is 12.6. The Morgan fingerprint density at radius 3 is 2.57 bits per heavy atom. The first-order chi connectivity index (χ1) is 14.7. The summed E-state index contributed by atoms with van der Waals surface area (Å²) in [6.07, 6.45) is 3.98. The number of anilines is 1. The van der Waals surface area contributed by atoms with E-state index in [1.54, 1.807) is 24.1 Å². The summed E-state index contributed by atoms with van der Waals surface area (Å²) in [7, 11) is 1.59. The summed E-state index contributed by atoms with van der Waals surface area (Å²) in [5.74, 6) is 1.86. The van der Waals surface area contributed by atoms with Gasteiger partial charge in [-0.1, -0.05) is 48.6 Å². The quantitative estimate of drug-likeness (QED) is 0.594. The zero-order chi connectivity index (χ0) is 20.8. The van der Waals surface area contributed by atoms with Crippen LogP contribution in [0.5, 0.6) is 17.2 Å². The topological polar surface area (TPSA) is 48.0 Å². The zero-order valence-corrected chi connectivity index (χ0v) is 16.8. The first kappa shape index (κ1) is 19.6. The van der Waals surface area contributed by atoms with Gasteiger partial charge < -0.3 is 19.1 Å². The molecule has 0 aromatic heterocycles. The summed E-state index contributed by atoms with van der Waals surface area (Å²) >= 11 is 0. The van der Waals surface area contributed by atoms with Crippen molar-refractivity contribution >= 4 is 17.7 Å². The molecule has 0 spiro atoms. The van der Waals surface area contributed by atoms with Gasteiger partial charge in [0, 0.05) is 23.9 Å². The number of methoxy groups -OCH3 is 1. The Balaban J connectivity index is 1.65. The molecule has 5 heteroatoms. The number of ether oxygens (including phenoxy) is 3. The molecule has 0 N–H and O–H groups in total. The molecular weight excluding hydrogens is 378 g/mol. The Bertz CT molecular complexity index is 1050. The number of nitrogens with zero attached hydrogens (tertiary/aromatic N) is 1. The van der Waals surface area contributed by atoms with Crippen LogP contribution in [-0.4, -0.2) is 32.8 Å². The van der Waals surface area contributed by atoms with Gasteiger partial charge in [-0.05, 0) is 35.9 Å². The van der Waals surface area contributed by atoms with Crippen LogP contribution in [0.15, 0.2) is 78.9 Å². The summed E-state index contributed by atoms with van der Waals surface area (Å²) in [5.41, 5.74) is 2.37. The van der Waals surface area contributed by atoms with Crippen molar-refractivity contribution in [2.75, 3.05) is 31.8 Å². The average Bonchev–Trinajstić information content (AvgIpc) is 2.82. The SMILES string of the molecule is COc1cccc(C(=O)N(C/C=C/c2ccccc2)c2ccc3c(c2)OCCO3)c1. The van der Waals surface area contributed by atoms with E-state index in [2.05, 4.69) is 0 Å². The minimum Gasteiger partial charge on any atom is -0.497 e. The molecule has 5 nitrogen and oxygen atoms in total. The maximum absolute atomic E-state index is 13.4. The van der Waals surface area contributed by atoms with E-state index in [0.29, 0.717) is 42.6 Å². The second kappa shape index (κ2) is 9.18. The van der Waals surface area contributed by atoms with E-state index in [-0.39, 0.29) is 5.91 Å². The van der Waals surface area contributed by atoms with Gasteiger partial charge in [-0.15, -0.1) is 0 Å². The van der Waals surface area contributed by atoms with E-state index in [4.69, 9.17) is 14.2 Å². The molecule has 0 fully saturated rings. The first-order valence-electron chi connectivity index (χ1n) is 9.82. The van der Waals surface area contributed by atoms with E-state index in [1.807, 2.05) is 72.8 Å². The van der Waals surface area contributed by atoms with Crippen molar-refractivity contribution in [1.82, 2.24) is 0 Å². The predicted molar refractivity (Wildman–Crippen MR) is 118 cm³/mol. The summed E-state index contributed by atoms with van der Waals surface area (Å²) in [6, 6.07) is 22.7. The molecule has 3 aromatic carbocycles. The van der Waals surface area contributed by atoms with Crippen molar-refractivity contribution in [1.29, 1.82) is 0 Å². The van der Waals surface area contributed by atoms with Gasteiger partial charge in [0.15, 0.2) is 11.5 Å². The number of rotatable bonds is 6. The fraction of sp³-hybridized carbons (Fsp3) is 0.160. The third kappa shape index (κ3) is 4.46. The highest BCUT2D eigenvalue weighted by atomic mass is 16.6. The lowest BCUT2D eigenvalue weighted by atomic mass is 10.1. The molecule has 0 aliphatic carbocycles. The molecule has 0 atom stereocenters. The Labute approximate surface area is 176 Å². The van der Waals surface area contributed by atoms with Crippen LogP contribution in [0.1, 0.15) is 15.9 Å². The predicted octanol–water partition coefficient (Wildman–Crippen LogP) is 4.83. The second-order valence-electron chi connectivity index (χ2n) is 6.79. The van der Waals surface area contributed by atoms with E-state index in [0.717, 1.165) is 11.3 Å². The van der Waals surface area contributed by atoms with Gasteiger partial charge >= 0.3 is 0 Å². The van der Waals surface area contributed by atoms with E-state index < -0.39 is 0 Å². The highest BCUT2D eigenvalue weighted by Crippen LogP contribution is 2.34. The highest BCUT2D eigenvalue weighted by molar-refractivity contribution is 6.06. The number of hydrogen-bond donors (Lipinski definition) is 0. The van der Waals surface area contributed by atoms with Crippen LogP contribution >= 0.6 is 0 Å². The van der Waals surface area contributed by atoms with Gasteiger partial charge in [0.1, 0.15) is 19.0 Å². The lowest BCUT2D eigenvalue weighted by Crippen LogP contribution is -2.31. The summed E-state index contributed by atoms with van der Waals surface area (Å²) in [5, 5.41) is 0. The molecule has 4 rings (SSSR count). The molecule has 0 radical (unpaired) electrons. The molecule has 1 heterocycles. The monoisotopic (exact) mass is 401 g/mol. The first-order valence-corrected chi connectivity index (χ1v) is 9.82. The summed E-state index contributed by atoms with van der Waals surface area (Å²) in [4.78, 5) is 15.1. The van der Waals surface area contributed by atoms with E-state index in [9.17, 15) is 4.79 Å². The van der Waals surface area contributed by atoms with Gasteiger partial charge in [0.2, 0.25) is 0 Å². The molecule has 1 amide bonds. The van der Waals surface area contributed by atoms with Crippen LogP contribution in [0.4, 0.5) is 5.69 Å². The minimum atomic E-state index is -0.122. The fourth-order valence-electron chi connectivity index (χ4n) is 3.28. The van der Waals surface area contributed by atoms with Gasteiger partial charge in [0.05, 0.1) is 7.11 Å². The number of carbonyl (C=O) groups excluding carboxylic acids is 1. The molecule has 3 aromatic rings. The van der Waals surface area contributed by atoms with Gasteiger partial charge in [0.25, 0.3) is 5.91 Å². The standard InChI is InChI=1S/C25H23NO4/c1-28-22-11-5-10-20(17-22)25(27)26(14-6-9-19-7-3-2-4-8-19)21-12-13-23-24(18-21)30-16-15-29-23/h2-13,17-18H,14-16H2,1H3/b9-6+. The molecule has 30 heavy (non-hydrogen) atoms. The molecule has 152 valence electrons. The third-order valence-corrected chi connectivity index (χ3v) is 4.80. The summed E-state index contributed by atoms with van der Waals surface area (Å²) in [6.45, 7) is 1.43. The van der Waals surface area contributed by atoms with Crippen molar-refractivity contribution < 1.29 is 19.0 Å². The number of hydrogen-bond acceptors (Lipinski definition) is 4. The smallest absolute Gasteiger partial charge is 0.258 e. The maximum atomic E-state index is 13.4. The van der Waals surface area contributed by atoms with Crippen LogP contribution in [0.2, 0.25) is 0 Å². The third-order valence-electron chi connectivity index (χ3n) is 4.80. The fourth-order valence-corrected chi connectivity index (χ4v) is 3.28. The van der Waals surface area contributed by atoms with Crippen LogP contribution in [-0.2, 0) is 0 Å². The molecule has 0 saturated heterocycles. The molecular formula is C25H23NO4. The Hall–Kier alpha value is -3.73. The number of carbonyl (C=O) groups is 1. The average molecular weight is 401 g/mol. The Morgan fingerprint density at radius 1 is 0.967 bits per heavy atom. The van der Waals surface area contributed by atoms with Crippen molar-refractivity contribution in [3.8, 4) is 17.2 Å². The lowest BCUT2D eigenvalue weighted by Gasteiger charge is -2.25. The number of benzene rings is 3. The zero-order valence-electron chi connectivity index (χ0n) is 16.8. The molecule has 1 aliphatic heterocycles. The number of fused-ring (bicyclic) bond motifs is 1. The lowest BCUT2D eigenvalue weighted by molar-refractivity contribution is 0.0989. The van der Waals surface area contributed by atoms with Crippen LogP contribution in [0.25, 0.3) is 6.08 Å². The van der Waals surface area contributed by atoms with E-state index >= 15 is 0 Å². The van der Waals surface area contributed by atoms with Gasteiger partial charge in [-0.25, -0.2) is 0 Å². The van der Waals surface area contributed by atoms with Crippen LogP contribution in [0.3, 0.4) is 0 Å². The Kier molecular flexibility index (Phi) is 5.99. The van der Waals surface area contributed by atoms with Crippen molar-refractivity contribution in [3.63, 3.8) is 0 Å². The van der Waals surface area contributed by atoms with Gasteiger partial charge in [-0.2, -0.15) is 0 Å². The minimum absolute atomic E-state index is 0.122. The van der Waals surface area contributed by atoms with Crippen molar-refractivity contribution in [2.45, 2.75) is 0 Å².